The second kappa shape index (κ2) is 6.69. The summed E-state index contributed by atoms with van der Waals surface area (Å²) in [5.74, 6) is 0.767. The maximum atomic E-state index is 9.83. The minimum Gasteiger partial charge on any atom is -0.394 e. The average Bonchev–Trinajstić information content (AvgIpc) is 2.28. The molecule has 0 amide bonds. The zero-order valence-electron chi connectivity index (χ0n) is 11.4. The average molecular weight is 244 g/mol. The van der Waals surface area contributed by atoms with Crippen molar-refractivity contribution in [2.45, 2.75) is 44.2 Å². The zero-order valence-corrected chi connectivity index (χ0v) is 11.4. The molecule has 102 valence electrons. The first kappa shape index (κ1) is 14.9. The third kappa shape index (κ3) is 4.92. The first-order chi connectivity index (χ1) is 7.97. The van der Waals surface area contributed by atoms with Gasteiger partial charge in [-0.25, -0.2) is 0 Å². The zero-order chi connectivity index (χ0) is 12.9. The second-order valence-corrected chi connectivity index (χ2v) is 5.92. The molecule has 0 aromatic heterocycles. The fraction of sp³-hybridized carbons (Fsp3) is 1.00. The molecule has 0 spiro atoms. The van der Waals surface area contributed by atoms with Crippen LogP contribution in [0.25, 0.3) is 0 Å². The Bertz CT molecular complexity index is 213. The van der Waals surface area contributed by atoms with Crippen LogP contribution in [-0.2, 0) is 0 Å². The van der Waals surface area contributed by atoms with Gasteiger partial charge in [0.1, 0.15) is 0 Å². The van der Waals surface area contributed by atoms with Gasteiger partial charge >= 0.3 is 0 Å². The molecule has 0 saturated heterocycles. The lowest BCUT2D eigenvalue weighted by Gasteiger charge is -2.39. The summed E-state index contributed by atoms with van der Waals surface area (Å²) >= 11 is 0. The smallest absolute Gasteiger partial charge is 0.0791 e. The van der Waals surface area contributed by atoms with Crippen LogP contribution in [0.4, 0.5) is 0 Å². The van der Waals surface area contributed by atoms with E-state index in [2.05, 4.69) is 12.2 Å². The molecule has 0 aromatic rings. The Morgan fingerprint density at radius 1 is 1.35 bits per heavy atom. The number of hydrogen-bond acceptors (Lipinski definition) is 4. The van der Waals surface area contributed by atoms with Crippen LogP contribution in [0.15, 0.2) is 0 Å². The predicted molar refractivity (Wildman–Crippen MR) is 70.0 cm³/mol. The van der Waals surface area contributed by atoms with Crippen molar-refractivity contribution in [2.24, 2.45) is 5.92 Å². The van der Waals surface area contributed by atoms with Gasteiger partial charge in [-0.2, -0.15) is 0 Å². The quantitative estimate of drug-likeness (QED) is 0.634. The van der Waals surface area contributed by atoms with Crippen LogP contribution in [0.3, 0.4) is 0 Å². The molecule has 4 nitrogen and oxygen atoms in total. The number of β-amino-alcohol motifs (C(OH)–C–C–N with tert-alkyl or cyclic N) is 1. The topological polar surface area (TPSA) is 55.7 Å². The summed E-state index contributed by atoms with van der Waals surface area (Å²) in [7, 11) is 3.90. The van der Waals surface area contributed by atoms with E-state index in [9.17, 15) is 10.2 Å². The van der Waals surface area contributed by atoms with E-state index in [0.29, 0.717) is 13.1 Å². The third-order valence-electron chi connectivity index (χ3n) is 3.82. The van der Waals surface area contributed by atoms with Crippen LogP contribution >= 0.6 is 0 Å². The summed E-state index contributed by atoms with van der Waals surface area (Å²) in [6.07, 6.45) is 3.99. The van der Waals surface area contributed by atoms with Gasteiger partial charge in [-0.3, -0.25) is 0 Å². The van der Waals surface area contributed by atoms with Gasteiger partial charge in [0, 0.05) is 18.6 Å². The van der Waals surface area contributed by atoms with Crippen molar-refractivity contribution in [2.75, 3.05) is 33.8 Å². The summed E-state index contributed by atoms with van der Waals surface area (Å²) in [4.78, 5) is 1.97. The normalized spacial score (nSPS) is 31.8. The number of likely N-dealkylation sites (N-methyl/N-ethyl adjacent to an activating group) is 1. The minimum absolute atomic E-state index is 0.153. The standard InChI is InChI=1S/C13H28N2O2/c1-11-4-6-13(10-16,7-5-11)14-8-12(17)9-15(2)3/h11-12,14,16-17H,4-10H2,1-3H3. The number of nitrogens with zero attached hydrogens (tertiary/aromatic N) is 1. The molecule has 1 aliphatic carbocycles. The van der Waals surface area contributed by atoms with Gasteiger partial charge in [0.05, 0.1) is 12.7 Å². The second-order valence-electron chi connectivity index (χ2n) is 5.92. The highest BCUT2D eigenvalue weighted by molar-refractivity contribution is 4.92. The van der Waals surface area contributed by atoms with Crippen LogP contribution in [0.1, 0.15) is 32.6 Å². The van der Waals surface area contributed by atoms with Gasteiger partial charge in [-0.05, 0) is 45.7 Å². The van der Waals surface area contributed by atoms with Crippen molar-refractivity contribution >= 4 is 0 Å². The molecule has 0 aromatic carbocycles. The van der Waals surface area contributed by atoms with Gasteiger partial charge in [0.2, 0.25) is 0 Å². The van der Waals surface area contributed by atoms with Crippen LogP contribution in [0, 0.1) is 5.92 Å². The van der Waals surface area contributed by atoms with Crippen molar-refractivity contribution in [3.8, 4) is 0 Å². The van der Waals surface area contributed by atoms with Gasteiger partial charge in [0.25, 0.3) is 0 Å². The van der Waals surface area contributed by atoms with E-state index in [1.54, 1.807) is 0 Å². The Balaban J connectivity index is 2.36. The largest absolute Gasteiger partial charge is 0.394 e. The lowest BCUT2D eigenvalue weighted by atomic mass is 9.77. The number of aliphatic hydroxyl groups is 2. The van der Waals surface area contributed by atoms with Crippen molar-refractivity contribution < 1.29 is 10.2 Å². The molecule has 0 heterocycles. The Kier molecular flexibility index (Phi) is 5.86. The predicted octanol–water partition coefficient (Wildman–Crippen LogP) is 0.440. The molecule has 0 aliphatic heterocycles. The van der Waals surface area contributed by atoms with Crippen LogP contribution in [0.5, 0.6) is 0 Å². The number of aliphatic hydroxyl groups excluding tert-OH is 2. The van der Waals surface area contributed by atoms with Crippen LogP contribution in [0.2, 0.25) is 0 Å². The highest BCUT2D eigenvalue weighted by Crippen LogP contribution is 2.31. The summed E-state index contributed by atoms with van der Waals surface area (Å²) in [6, 6.07) is 0. The van der Waals surface area contributed by atoms with E-state index in [1.165, 1.54) is 0 Å². The van der Waals surface area contributed by atoms with Crippen LogP contribution in [-0.4, -0.2) is 60.5 Å². The Morgan fingerprint density at radius 2 is 1.94 bits per heavy atom. The van der Waals surface area contributed by atoms with E-state index in [1.807, 2.05) is 19.0 Å². The van der Waals surface area contributed by atoms with E-state index in [-0.39, 0.29) is 18.2 Å². The lowest BCUT2D eigenvalue weighted by molar-refractivity contribution is 0.0754. The van der Waals surface area contributed by atoms with Gasteiger partial charge < -0.3 is 20.4 Å². The Hall–Kier alpha value is -0.160. The molecule has 17 heavy (non-hydrogen) atoms. The maximum absolute atomic E-state index is 9.83. The van der Waals surface area contributed by atoms with E-state index < -0.39 is 0 Å². The van der Waals surface area contributed by atoms with E-state index in [4.69, 9.17) is 0 Å². The molecule has 1 atom stereocenters. The number of hydrogen-bond donors (Lipinski definition) is 3. The summed E-state index contributed by atoms with van der Waals surface area (Å²) in [5.41, 5.74) is -0.153. The maximum Gasteiger partial charge on any atom is 0.0791 e. The van der Waals surface area contributed by atoms with E-state index >= 15 is 0 Å². The fourth-order valence-electron chi connectivity index (χ4n) is 2.53. The molecule has 0 radical (unpaired) electrons. The minimum atomic E-state index is -0.368. The fourth-order valence-corrected chi connectivity index (χ4v) is 2.53. The molecule has 1 aliphatic rings. The molecule has 3 N–H and O–H groups in total. The molecule has 0 bridgehead atoms. The molecular weight excluding hydrogens is 216 g/mol. The molecule has 1 rings (SSSR count). The van der Waals surface area contributed by atoms with Gasteiger partial charge in [-0.15, -0.1) is 0 Å². The van der Waals surface area contributed by atoms with Crippen LogP contribution < -0.4 is 5.32 Å². The van der Waals surface area contributed by atoms with Gasteiger partial charge in [-0.1, -0.05) is 6.92 Å². The molecule has 1 saturated carbocycles. The first-order valence-electron chi connectivity index (χ1n) is 6.66. The first-order valence-corrected chi connectivity index (χ1v) is 6.66. The van der Waals surface area contributed by atoms with Crippen molar-refractivity contribution in [3.05, 3.63) is 0 Å². The van der Waals surface area contributed by atoms with Crippen molar-refractivity contribution in [3.63, 3.8) is 0 Å². The SMILES string of the molecule is CC1CCC(CO)(NCC(O)CN(C)C)CC1. The lowest BCUT2D eigenvalue weighted by Crippen LogP contribution is -2.53. The highest BCUT2D eigenvalue weighted by atomic mass is 16.3. The molecule has 1 fully saturated rings. The highest BCUT2D eigenvalue weighted by Gasteiger charge is 2.33. The summed E-state index contributed by atoms with van der Waals surface area (Å²) in [6.45, 7) is 3.66. The van der Waals surface area contributed by atoms with Gasteiger partial charge in [0.15, 0.2) is 0 Å². The Morgan fingerprint density at radius 3 is 2.41 bits per heavy atom. The summed E-state index contributed by atoms with van der Waals surface area (Å²) in [5, 5.41) is 22.8. The summed E-state index contributed by atoms with van der Waals surface area (Å²) < 4.78 is 0. The molecule has 4 heteroatoms. The number of nitrogens with one attached hydrogen (secondary N) is 1. The Labute approximate surface area is 105 Å². The monoisotopic (exact) mass is 244 g/mol. The molecule has 1 unspecified atom stereocenters. The third-order valence-corrected chi connectivity index (χ3v) is 3.82. The number of rotatable bonds is 6. The molecular formula is C13H28N2O2. The van der Waals surface area contributed by atoms with Crippen molar-refractivity contribution in [1.82, 2.24) is 10.2 Å². The van der Waals surface area contributed by atoms with E-state index in [0.717, 1.165) is 31.6 Å². The van der Waals surface area contributed by atoms with Crippen molar-refractivity contribution in [1.29, 1.82) is 0 Å².